The Morgan fingerprint density at radius 3 is 2.69 bits per heavy atom. The molecule has 1 saturated heterocycles. The van der Waals surface area contributed by atoms with Crippen molar-refractivity contribution in [2.24, 2.45) is 0 Å². The molecule has 1 aliphatic rings. The van der Waals surface area contributed by atoms with Crippen LogP contribution in [-0.4, -0.2) is 34.0 Å². The molecule has 2 heterocycles. The van der Waals surface area contributed by atoms with Gasteiger partial charge in [0.1, 0.15) is 0 Å². The van der Waals surface area contributed by atoms with Crippen molar-refractivity contribution >= 4 is 41.5 Å². The summed E-state index contributed by atoms with van der Waals surface area (Å²) < 4.78 is 1.87. The molecule has 1 atom stereocenters. The van der Waals surface area contributed by atoms with E-state index in [9.17, 15) is 4.79 Å². The molecule has 9 heteroatoms. The lowest BCUT2D eigenvalue weighted by Gasteiger charge is -2.23. The van der Waals surface area contributed by atoms with Crippen LogP contribution in [0.15, 0.2) is 18.2 Å². The Morgan fingerprint density at radius 1 is 1.35 bits per heavy atom. The Bertz CT molecular complexity index is 774. The van der Waals surface area contributed by atoms with Crippen LogP contribution in [0.5, 0.6) is 0 Å². The van der Waals surface area contributed by atoms with Crippen LogP contribution in [0.1, 0.15) is 53.6 Å². The Kier molecular flexibility index (Phi) is 7.29. The third-order valence-corrected chi connectivity index (χ3v) is 5.14. The smallest absolute Gasteiger partial charge is 0.274 e. The highest BCUT2D eigenvalue weighted by Crippen LogP contribution is 2.26. The van der Waals surface area contributed by atoms with Crippen LogP contribution in [0.3, 0.4) is 0 Å². The van der Waals surface area contributed by atoms with Gasteiger partial charge in [-0.25, -0.2) is 4.68 Å². The molecular formula is C17H22Cl3N5O. The number of piperidine rings is 1. The van der Waals surface area contributed by atoms with Crippen LogP contribution in [0.2, 0.25) is 10.0 Å². The number of rotatable bonds is 4. The normalized spacial score (nSPS) is 16.0. The number of hydrogen-bond acceptors (Lipinski definition) is 4. The van der Waals surface area contributed by atoms with Gasteiger partial charge in [-0.05, 0) is 57.5 Å². The van der Waals surface area contributed by atoms with Crippen molar-refractivity contribution in [1.82, 2.24) is 25.6 Å². The molecule has 0 radical (unpaired) electrons. The Hall–Kier alpha value is -1.34. The maximum absolute atomic E-state index is 12.6. The standard InChI is InChI=1S/C17H21Cl2N5O.ClH/c1-10(14-4-3-12(18)9-15(14)19)21-17(25)16-11(2)24(23-22-16)13-5-7-20-8-6-13;/h3-4,9-10,13,20H,5-8H2,1-2H3,(H,21,25);1H. The van der Waals surface area contributed by atoms with Gasteiger partial charge in [0, 0.05) is 10.0 Å². The van der Waals surface area contributed by atoms with Crippen LogP contribution in [0, 0.1) is 6.92 Å². The van der Waals surface area contributed by atoms with Gasteiger partial charge in [0.25, 0.3) is 5.91 Å². The van der Waals surface area contributed by atoms with E-state index < -0.39 is 0 Å². The van der Waals surface area contributed by atoms with Crippen LogP contribution in [-0.2, 0) is 0 Å². The fourth-order valence-electron chi connectivity index (χ4n) is 3.14. The summed E-state index contributed by atoms with van der Waals surface area (Å²) in [5, 5.41) is 15.7. The Labute approximate surface area is 169 Å². The highest BCUT2D eigenvalue weighted by Gasteiger charge is 2.24. The molecule has 1 amide bonds. The maximum atomic E-state index is 12.6. The molecule has 6 nitrogen and oxygen atoms in total. The molecular weight excluding hydrogens is 397 g/mol. The van der Waals surface area contributed by atoms with Gasteiger partial charge in [-0.1, -0.05) is 34.5 Å². The van der Waals surface area contributed by atoms with Crippen molar-refractivity contribution in [2.75, 3.05) is 13.1 Å². The zero-order chi connectivity index (χ0) is 18.0. The van der Waals surface area contributed by atoms with Gasteiger partial charge in [-0.2, -0.15) is 0 Å². The van der Waals surface area contributed by atoms with Crippen molar-refractivity contribution in [2.45, 2.75) is 38.8 Å². The first-order chi connectivity index (χ1) is 12.0. The van der Waals surface area contributed by atoms with Gasteiger partial charge < -0.3 is 10.6 Å². The zero-order valence-electron chi connectivity index (χ0n) is 14.6. The average molecular weight is 419 g/mol. The highest BCUT2D eigenvalue weighted by molar-refractivity contribution is 6.35. The molecule has 0 saturated carbocycles. The predicted molar refractivity (Wildman–Crippen MR) is 105 cm³/mol. The van der Waals surface area contributed by atoms with E-state index in [0.29, 0.717) is 21.8 Å². The second-order valence-electron chi connectivity index (χ2n) is 6.31. The number of benzene rings is 1. The predicted octanol–water partition coefficient (Wildman–Crippen LogP) is 3.73. The number of amides is 1. The summed E-state index contributed by atoms with van der Waals surface area (Å²) in [6.45, 7) is 5.67. The van der Waals surface area contributed by atoms with E-state index in [1.165, 1.54) is 0 Å². The number of nitrogens with one attached hydrogen (secondary N) is 2. The lowest BCUT2D eigenvalue weighted by atomic mass is 10.1. The number of carbonyl (C=O) groups excluding carboxylic acids is 1. The molecule has 1 unspecified atom stereocenters. The second kappa shape index (κ2) is 9.04. The number of halogens is 3. The minimum atomic E-state index is -0.263. The first-order valence-corrected chi connectivity index (χ1v) is 9.11. The largest absolute Gasteiger partial charge is 0.344 e. The van der Waals surface area contributed by atoms with Crippen LogP contribution >= 0.6 is 35.6 Å². The zero-order valence-corrected chi connectivity index (χ0v) is 17.0. The van der Waals surface area contributed by atoms with E-state index in [0.717, 1.165) is 37.2 Å². The molecule has 142 valence electrons. The summed E-state index contributed by atoms with van der Waals surface area (Å²) in [7, 11) is 0. The first-order valence-electron chi connectivity index (χ1n) is 8.35. The van der Waals surface area contributed by atoms with Gasteiger partial charge in [0.05, 0.1) is 17.8 Å². The summed E-state index contributed by atoms with van der Waals surface area (Å²) in [6.07, 6.45) is 1.98. The lowest BCUT2D eigenvalue weighted by Crippen LogP contribution is -2.31. The number of carbonyl (C=O) groups is 1. The minimum absolute atomic E-state index is 0. The molecule has 1 aromatic heterocycles. The van der Waals surface area contributed by atoms with Gasteiger partial charge in [-0.15, -0.1) is 17.5 Å². The van der Waals surface area contributed by atoms with Gasteiger partial charge in [-0.3, -0.25) is 4.79 Å². The molecule has 2 aromatic rings. The third-order valence-electron chi connectivity index (χ3n) is 4.57. The quantitative estimate of drug-likeness (QED) is 0.793. The van der Waals surface area contributed by atoms with Gasteiger partial charge in [0.2, 0.25) is 0 Å². The molecule has 1 aromatic carbocycles. The fourth-order valence-corrected chi connectivity index (χ4v) is 3.72. The number of aromatic nitrogens is 3. The van der Waals surface area contributed by atoms with Crippen molar-refractivity contribution < 1.29 is 4.79 Å². The topological polar surface area (TPSA) is 71.8 Å². The van der Waals surface area contributed by atoms with Gasteiger partial charge in [0.15, 0.2) is 5.69 Å². The van der Waals surface area contributed by atoms with E-state index in [2.05, 4.69) is 20.9 Å². The molecule has 26 heavy (non-hydrogen) atoms. The molecule has 0 aliphatic carbocycles. The van der Waals surface area contributed by atoms with Crippen molar-refractivity contribution in [3.63, 3.8) is 0 Å². The molecule has 0 spiro atoms. The second-order valence-corrected chi connectivity index (χ2v) is 7.15. The molecule has 2 N–H and O–H groups in total. The Morgan fingerprint density at radius 2 is 2.04 bits per heavy atom. The van der Waals surface area contributed by atoms with Crippen LogP contribution < -0.4 is 10.6 Å². The number of nitrogens with zero attached hydrogens (tertiary/aromatic N) is 3. The molecule has 1 aliphatic heterocycles. The monoisotopic (exact) mass is 417 g/mol. The van der Waals surface area contributed by atoms with E-state index in [1.54, 1.807) is 12.1 Å². The van der Waals surface area contributed by atoms with Crippen molar-refractivity contribution in [3.8, 4) is 0 Å². The van der Waals surface area contributed by atoms with E-state index in [-0.39, 0.29) is 24.4 Å². The Balaban J connectivity index is 0.00000243. The fraction of sp³-hybridized carbons (Fsp3) is 0.471. The maximum Gasteiger partial charge on any atom is 0.274 e. The summed E-state index contributed by atoms with van der Waals surface area (Å²) in [5.41, 5.74) is 1.96. The SMILES string of the molecule is Cc1c(C(=O)NC(C)c2ccc(Cl)cc2Cl)nnn1C1CCNCC1.Cl. The third kappa shape index (κ3) is 4.49. The molecule has 3 rings (SSSR count). The van der Waals surface area contributed by atoms with E-state index >= 15 is 0 Å². The van der Waals surface area contributed by atoms with Gasteiger partial charge >= 0.3 is 0 Å². The summed E-state index contributed by atoms with van der Waals surface area (Å²) >= 11 is 12.1. The van der Waals surface area contributed by atoms with Crippen molar-refractivity contribution in [1.29, 1.82) is 0 Å². The van der Waals surface area contributed by atoms with Crippen LogP contribution in [0.4, 0.5) is 0 Å². The summed E-state index contributed by atoms with van der Waals surface area (Å²) in [4.78, 5) is 12.6. The number of hydrogen-bond donors (Lipinski definition) is 2. The lowest BCUT2D eigenvalue weighted by molar-refractivity contribution is 0.0934. The summed E-state index contributed by atoms with van der Waals surface area (Å²) in [6, 6.07) is 5.26. The first kappa shape index (κ1) is 21.0. The summed E-state index contributed by atoms with van der Waals surface area (Å²) in [5.74, 6) is -0.254. The molecule has 0 bridgehead atoms. The minimum Gasteiger partial charge on any atom is -0.344 e. The molecule has 1 fully saturated rings. The van der Waals surface area contributed by atoms with Crippen molar-refractivity contribution in [3.05, 3.63) is 45.2 Å². The highest BCUT2D eigenvalue weighted by atomic mass is 35.5. The van der Waals surface area contributed by atoms with E-state index in [1.807, 2.05) is 24.6 Å². The van der Waals surface area contributed by atoms with Crippen LogP contribution in [0.25, 0.3) is 0 Å². The average Bonchev–Trinajstić information content (AvgIpc) is 2.97. The van der Waals surface area contributed by atoms with E-state index in [4.69, 9.17) is 23.2 Å².